The molecule has 2 saturated carbocycles. The smallest absolute Gasteiger partial charge is 0.0286 e. The van der Waals surface area contributed by atoms with E-state index in [1.165, 1.54) is 19.3 Å². The molecule has 0 aromatic heterocycles. The Bertz CT molecular complexity index is 139. The molecule has 2 aliphatic carbocycles. The molecule has 0 aromatic carbocycles. The van der Waals surface area contributed by atoms with Gasteiger partial charge in [-0.05, 0) is 31.7 Å². The molecule has 1 heterocycles. The molecular weight excluding hydrogens is 110 g/mol. The summed E-state index contributed by atoms with van der Waals surface area (Å²) >= 11 is 0. The zero-order chi connectivity index (χ0) is 6.01. The summed E-state index contributed by atoms with van der Waals surface area (Å²) < 4.78 is 0. The molecule has 4 atom stereocenters. The summed E-state index contributed by atoms with van der Waals surface area (Å²) in [6, 6.07) is 2.11. The highest BCUT2D eigenvalue weighted by Crippen LogP contribution is 2.60. The normalized spacial score (nSPS) is 68.3. The van der Waals surface area contributed by atoms with E-state index in [2.05, 4.69) is 11.9 Å². The Morgan fingerprint density at radius 3 is 2.22 bits per heavy atom. The van der Waals surface area contributed by atoms with Gasteiger partial charge in [-0.1, -0.05) is 6.42 Å². The molecule has 0 N–H and O–H groups in total. The minimum Gasteiger partial charge on any atom is -0.297 e. The van der Waals surface area contributed by atoms with Crippen LogP contribution in [0.1, 0.15) is 19.3 Å². The first-order chi connectivity index (χ1) is 4.39. The molecule has 4 unspecified atom stereocenters. The number of rotatable bonds is 0. The van der Waals surface area contributed by atoms with Crippen LogP contribution in [0.3, 0.4) is 0 Å². The maximum atomic E-state index is 2.56. The average molecular weight is 123 g/mol. The lowest BCUT2D eigenvalue weighted by atomic mass is 9.77. The molecule has 9 heavy (non-hydrogen) atoms. The SMILES string of the molecule is CN1C2C3CCCC3C21. The third-order valence-electron chi connectivity index (χ3n) is 3.70. The van der Waals surface area contributed by atoms with Gasteiger partial charge in [0.2, 0.25) is 0 Å². The maximum Gasteiger partial charge on any atom is 0.0286 e. The van der Waals surface area contributed by atoms with Gasteiger partial charge in [-0.15, -0.1) is 0 Å². The quantitative estimate of drug-likeness (QED) is 0.436. The van der Waals surface area contributed by atoms with E-state index in [-0.39, 0.29) is 0 Å². The van der Waals surface area contributed by atoms with Gasteiger partial charge in [-0.3, -0.25) is 4.90 Å². The van der Waals surface area contributed by atoms with Crippen LogP contribution in [0.15, 0.2) is 0 Å². The summed E-state index contributed by atoms with van der Waals surface area (Å²) in [6.45, 7) is 0. The van der Waals surface area contributed by atoms with Crippen LogP contribution in [0.2, 0.25) is 0 Å². The first-order valence-electron chi connectivity index (χ1n) is 4.11. The zero-order valence-corrected chi connectivity index (χ0v) is 5.88. The van der Waals surface area contributed by atoms with E-state index >= 15 is 0 Å². The van der Waals surface area contributed by atoms with Crippen molar-refractivity contribution in [1.82, 2.24) is 4.90 Å². The third-order valence-corrected chi connectivity index (χ3v) is 3.70. The highest BCUT2D eigenvalue weighted by atomic mass is 15.4. The van der Waals surface area contributed by atoms with Crippen LogP contribution in [0.4, 0.5) is 0 Å². The van der Waals surface area contributed by atoms with Crippen LogP contribution in [-0.4, -0.2) is 24.0 Å². The Balaban J connectivity index is 1.87. The fourth-order valence-corrected chi connectivity index (χ4v) is 3.22. The summed E-state index contributed by atoms with van der Waals surface area (Å²) in [4.78, 5) is 2.56. The Morgan fingerprint density at radius 2 is 1.67 bits per heavy atom. The second kappa shape index (κ2) is 1.20. The van der Waals surface area contributed by atoms with Gasteiger partial charge in [0, 0.05) is 12.1 Å². The topological polar surface area (TPSA) is 3.01 Å². The Labute approximate surface area is 56.0 Å². The van der Waals surface area contributed by atoms with Crippen LogP contribution in [0.5, 0.6) is 0 Å². The van der Waals surface area contributed by atoms with Crippen molar-refractivity contribution in [1.29, 1.82) is 0 Å². The number of hydrogen-bond acceptors (Lipinski definition) is 1. The van der Waals surface area contributed by atoms with Crippen molar-refractivity contribution in [2.24, 2.45) is 11.8 Å². The molecule has 3 aliphatic rings. The zero-order valence-electron chi connectivity index (χ0n) is 5.88. The van der Waals surface area contributed by atoms with Crippen molar-refractivity contribution in [2.75, 3.05) is 7.05 Å². The van der Waals surface area contributed by atoms with Crippen LogP contribution in [0.25, 0.3) is 0 Å². The predicted molar refractivity (Wildman–Crippen MR) is 36.2 cm³/mol. The van der Waals surface area contributed by atoms with Crippen LogP contribution < -0.4 is 0 Å². The number of likely N-dealkylation sites (N-methyl/N-ethyl adjacent to an activating group) is 1. The second-order valence-electron chi connectivity index (χ2n) is 3.91. The molecule has 1 saturated heterocycles. The third kappa shape index (κ3) is 0.362. The highest BCUT2D eigenvalue weighted by Gasteiger charge is 2.66. The van der Waals surface area contributed by atoms with Gasteiger partial charge in [0.1, 0.15) is 0 Å². The van der Waals surface area contributed by atoms with Crippen LogP contribution in [-0.2, 0) is 0 Å². The molecule has 50 valence electrons. The molecule has 1 aliphatic heterocycles. The minimum atomic E-state index is 1.05. The molecule has 0 bridgehead atoms. The van der Waals surface area contributed by atoms with E-state index in [4.69, 9.17) is 0 Å². The number of nitrogens with zero attached hydrogens (tertiary/aromatic N) is 1. The lowest BCUT2D eigenvalue weighted by Gasteiger charge is -2.25. The van der Waals surface area contributed by atoms with Crippen molar-refractivity contribution < 1.29 is 0 Å². The molecule has 0 amide bonds. The first kappa shape index (κ1) is 4.73. The van der Waals surface area contributed by atoms with Gasteiger partial charge < -0.3 is 0 Å². The summed E-state index contributed by atoms with van der Waals surface area (Å²) in [5.74, 6) is 2.28. The number of fused-ring (bicyclic) bond motifs is 4. The van der Waals surface area contributed by atoms with Crippen molar-refractivity contribution >= 4 is 0 Å². The van der Waals surface area contributed by atoms with Crippen molar-refractivity contribution in [3.8, 4) is 0 Å². The molecule has 0 radical (unpaired) electrons. The van der Waals surface area contributed by atoms with Crippen LogP contribution >= 0.6 is 0 Å². The predicted octanol–water partition coefficient (Wildman–Crippen LogP) is 1.10. The van der Waals surface area contributed by atoms with E-state index < -0.39 is 0 Å². The van der Waals surface area contributed by atoms with Crippen molar-refractivity contribution in [2.45, 2.75) is 31.3 Å². The van der Waals surface area contributed by atoms with E-state index in [0.29, 0.717) is 0 Å². The average Bonchev–Trinajstić information content (AvgIpc) is 2.15. The van der Waals surface area contributed by atoms with Gasteiger partial charge in [-0.2, -0.15) is 0 Å². The van der Waals surface area contributed by atoms with Gasteiger partial charge in [0.15, 0.2) is 0 Å². The Hall–Kier alpha value is -0.0400. The van der Waals surface area contributed by atoms with E-state index in [1.54, 1.807) is 0 Å². The maximum absolute atomic E-state index is 2.56. The van der Waals surface area contributed by atoms with Crippen molar-refractivity contribution in [3.05, 3.63) is 0 Å². The van der Waals surface area contributed by atoms with E-state index in [0.717, 1.165) is 23.9 Å². The largest absolute Gasteiger partial charge is 0.297 e. The monoisotopic (exact) mass is 123 g/mol. The van der Waals surface area contributed by atoms with Crippen LogP contribution in [0, 0.1) is 11.8 Å². The number of likely N-dealkylation sites (tertiary alicyclic amines) is 1. The molecule has 1 nitrogen and oxygen atoms in total. The fourth-order valence-electron chi connectivity index (χ4n) is 3.22. The first-order valence-corrected chi connectivity index (χ1v) is 4.11. The lowest BCUT2D eigenvalue weighted by molar-refractivity contribution is 0.290. The van der Waals surface area contributed by atoms with E-state index in [1.807, 2.05) is 0 Å². The highest BCUT2D eigenvalue weighted by molar-refractivity contribution is 5.21. The van der Waals surface area contributed by atoms with Gasteiger partial charge in [0.05, 0.1) is 0 Å². The molecule has 3 fully saturated rings. The second-order valence-corrected chi connectivity index (χ2v) is 3.91. The van der Waals surface area contributed by atoms with Gasteiger partial charge in [0.25, 0.3) is 0 Å². The molecule has 0 aromatic rings. The number of hydrogen-bond donors (Lipinski definition) is 0. The fraction of sp³-hybridized carbons (Fsp3) is 1.00. The van der Waals surface area contributed by atoms with Gasteiger partial charge >= 0.3 is 0 Å². The summed E-state index contributed by atoms with van der Waals surface area (Å²) in [5, 5.41) is 0. The Kier molecular flexibility index (Phi) is 0.628. The molecular formula is C8H13N. The summed E-state index contributed by atoms with van der Waals surface area (Å²) in [5.41, 5.74) is 0. The summed E-state index contributed by atoms with van der Waals surface area (Å²) in [7, 11) is 2.29. The van der Waals surface area contributed by atoms with Crippen molar-refractivity contribution in [3.63, 3.8) is 0 Å². The molecule has 3 rings (SSSR count). The van der Waals surface area contributed by atoms with Gasteiger partial charge in [-0.25, -0.2) is 0 Å². The van der Waals surface area contributed by atoms with E-state index in [9.17, 15) is 0 Å². The Morgan fingerprint density at radius 1 is 1.11 bits per heavy atom. The lowest BCUT2D eigenvalue weighted by Crippen LogP contribution is -2.31. The minimum absolute atomic E-state index is 1.05. The molecule has 0 spiro atoms. The standard InChI is InChI=1S/C8H13N/c1-9-7-5-3-2-4-6(5)8(7)9/h5-8H,2-4H2,1H3. The molecule has 1 heteroatoms. The summed E-state index contributed by atoms with van der Waals surface area (Å²) in [6.07, 6.45) is 4.60.